The zero-order chi connectivity index (χ0) is 13.8. The molecular weight excluding hydrogens is 254 g/mol. The molecule has 1 aromatic rings. The number of aryl methyl sites for hydroxylation is 1. The maximum absolute atomic E-state index is 6.04. The maximum atomic E-state index is 6.04. The van der Waals surface area contributed by atoms with E-state index >= 15 is 0 Å². The van der Waals surface area contributed by atoms with Crippen molar-refractivity contribution >= 4 is 11.3 Å². The first-order chi connectivity index (χ1) is 9.11. The summed E-state index contributed by atoms with van der Waals surface area (Å²) in [5.74, 6) is 0.856. The van der Waals surface area contributed by atoms with Crippen molar-refractivity contribution < 1.29 is 0 Å². The van der Waals surface area contributed by atoms with E-state index in [9.17, 15) is 0 Å². The highest BCUT2D eigenvalue weighted by Gasteiger charge is 2.26. The van der Waals surface area contributed by atoms with Crippen LogP contribution >= 0.6 is 11.3 Å². The number of likely N-dealkylation sites (tertiary alicyclic amines) is 1. The molecule has 0 spiro atoms. The lowest BCUT2D eigenvalue weighted by Crippen LogP contribution is -2.41. The Labute approximate surface area is 121 Å². The van der Waals surface area contributed by atoms with Crippen LogP contribution in [0, 0.1) is 12.8 Å². The van der Waals surface area contributed by atoms with Crippen molar-refractivity contribution in [1.29, 1.82) is 0 Å². The van der Waals surface area contributed by atoms with Gasteiger partial charge >= 0.3 is 0 Å². The number of nitrogens with zero attached hydrogens (tertiary/aromatic N) is 2. The molecule has 0 saturated carbocycles. The molecular formula is C15H27N3S. The molecule has 4 heteroatoms. The SMILES string of the molecule is Cc1ccsc1C(CN)N1CCC(CN(C)C)CC1. The van der Waals surface area contributed by atoms with Gasteiger partial charge in [0.1, 0.15) is 0 Å². The van der Waals surface area contributed by atoms with Gasteiger partial charge in [0, 0.05) is 18.0 Å². The number of hydrogen-bond donors (Lipinski definition) is 1. The molecule has 1 aliphatic heterocycles. The number of thiophene rings is 1. The van der Waals surface area contributed by atoms with Gasteiger partial charge in [-0.15, -0.1) is 11.3 Å². The lowest BCUT2D eigenvalue weighted by atomic mass is 9.95. The topological polar surface area (TPSA) is 32.5 Å². The molecule has 0 aromatic carbocycles. The lowest BCUT2D eigenvalue weighted by molar-refractivity contribution is 0.124. The molecule has 108 valence electrons. The third kappa shape index (κ3) is 3.78. The van der Waals surface area contributed by atoms with Crippen molar-refractivity contribution in [2.75, 3.05) is 40.3 Å². The molecule has 1 fully saturated rings. The van der Waals surface area contributed by atoms with Gasteiger partial charge in [-0.05, 0) is 69.9 Å². The van der Waals surface area contributed by atoms with Gasteiger partial charge in [-0.1, -0.05) is 0 Å². The summed E-state index contributed by atoms with van der Waals surface area (Å²) in [5, 5.41) is 2.19. The van der Waals surface area contributed by atoms with Gasteiger partial charge in [0.25, 0.3) is 0 Å². The van der Waals surface area contributed by atoms with Gasteiger partial charge in [-0.3, -0.25) is 4.90 Å². The van der Waals surface area contributed by atoms with Crippen molar-refractivity contribution in [3.63, 3.8) is 0 Å². The second kappa shape index (κ2) is 6.84. The normalized spacial score (nSPS) is 20.1. The quantitative estimate of drug-likeness (QED) is 0.899. The predicted octanol–water partition coefficient (Wildman–Crippen LogP) is 2.33. The minimum absolute atomic E-state index is 0.431. The molecule has 1 aromatic heterocycles. The summed E-state index contributed by atoms with van der Waals surface area (Å²) < 4.78 is 0. The smallest absolute Gasteiger partial charge is 0.0566 e. The molecule has 1 unspecified atom stereocenters. The van der Waals surface area contributed by atoms with Crippen molar-refractivity contribution in [1.82, 2.24) is 9.80 Å². The van der Waals surface area contributed by atoms with Crippen LogP contribution in [0.15, 0.2) is 11.4 Å². The van der Waals surface area contributed by atoms with Gasteiger partial charge in [0.2, 0.25) is 0 Å². The fraction of sp³-hybridized carbons (Fsp3) is 0.733. The molecule has 0 amide bonds. The maximum Gasteiger partial charge on any atom is 0.0566 e. The number of piperidine rings is 1. The molecule has 19 heavy (non-hydrogen) atoms. The summed E-state index contributed by atoms with van der Waals surface area (Å²) in [6.45, 7) is 6.54. The van der Waals surface area contributed by atoms with Crippen LogP contribution in [0.3, 0.4) is 0 Å². The minimum Gasteiger partial charge on any atom is -0.329 e. The molecule has 2 N–H and O–H groups in total. The first-order valence-electron chi connectivity index (χ1n) is 7.24. The molecule has 1 saturated heterocycles. The third-order valence-corrected chi connectivity index (χ3v) is 5.26. The summed E-state index contributed by atoms with van der Waals surface area (Å²) >= 11 is 1.86. The average molecular weight is 281 g/mol. The van der Waals surface area contributed by atoms with Gasteiger partial charge < -0.3 is 10.6 Å². The Morgan fingerprint density at radius 1 is 1.42 bits per heavy atom. The van der Waals surface area contributed by atoms with E-state index in [1.54, 1.807) is 0 Å². The van der Waals surface area contributed by atoms with Crippen molar-refractivity contribution in [3.8, 4) is 0 Å². The second-order valence-electron chi connectivity index (χ2n) is 5.96. The second-order valence-corrected chi connectivity index (χ2v) is 6.91. The van der Waals surface area contributed by atoms with Crippen LogP contribution < -0.4 is 5.73 Å². The third-order valence-electron chi connectivity index (χ3n) is 4.14. The largest absolute Gasteiger partial charge is 0.329 e. The van der Waals surface area contributed by atoms with Crippen molar-refractivity contribution in [2.45, 2.75) is 25.8 Å². The Bertz CT molecular complexity index is 380. The highest BCUT2D eigenvalue weighted by Crippen LogP contribution is 2.31. The van der Waals surface area contributed by atoms with Crippen LogP contribution in [0.5, 0.6) is 0 Å². The summed E-state index contributed by atoms with van der Waals surface area (Å²) in [6.07, 6.45) is 2.61. The number of nitrogens with two attached hydrogens (primary N) is 1. The Kier molecular flexibility index (Phi) is 5.39. The molecule has 2 rings (SSSR count). The van der Waals surface area contributed by atoms with Gasteiger partial charge in [0.05, 0.1) is 6.04 Å². The van der Waals surface area contributed by atoms with E-state index in [1.807, 2.05) is 11.3 Å². The van der Waals surface area contributed by atoms with Gasteiger partial charge in [-0.2, -0.15) is 0 Å². The highest BCUT2D eigenvalue weighted by molar-refractivity contribution is 7.10. The highest BCUT2D eigenvalue weighted by atomic mass is 32.1. The standard InChI is InChI=1S/C15H27N3S/c1-12-6-9-19-15(12)14(10-16)18-7-4-13(5-8-18)11-17(2)3/h6,9,13-14H,4-5,7-8,10-11,16H2,1-3H3. The van der Waals surface area contributed by atoms with E-state index in [2.05, 4.69) is 42.3 Å². The molecule has 0 bridgehead atoms. The zero-order valence-electron chi connectivity index (χ0n) is 12.4. The molecule has 3 nitrogen and oxygen atoms in total. The van der Waals surface area contributed by atoms with E-state index in [0.717, 1.165) is 12.5 Å². The summed E-state index contributed by atoms with van der Waals surface area (Å²) in [4.78, 5) is 6.36. The Balaban J connectivity index is 1.94. The Morgan fingerprint density at radius 2 is 2.11 bits per heavy atom. The fourth-order valence-electron chi connectivity index (χ4n) is 3.11. The van der Waals surface area contributed by atoms with E-state index < -0.39 is 0 Å². The zero-order valence-corrected chi connectivity index (χ0v) is 13.2. The summed E-state index contributed by atoms with van der Waals surface area (Å²) in [6, 6.07) is 2.64. The molecule has 0 aliphatic carbocycles. The van der Waals surface area contributed by atoms with Crippen LogP contribution in [0.1, 0.15) is 29.3 Å². The Hall–Kier alpha value is -0.420. The monoisotopic (exact) mass is 281 g/mol. The summed E-state index contributed by atoms with van der Waals surface area (Å²) in [5.41, 5.74) is 7.43. The summed E-state index contributed by atoms with van der Waals surface area (Å²) in [7, 11) is 4.34. The van der Waals surface area contributed by atoms with Gasteiger partial charge in [-0.25, -0.2) is 0 Å². The molecule has 2 heterocycles. The first kappa shape index (κ1) is 15.0. The van der Waals surface area contributed by atoms with E-state index in [0.29, 0.717) is 6.04 Å². The van der Waals surface area contributed by atoms with Crippen LogP contribution in [0.25, 0.3) is 0 Å². The molecule has 0 radical (unpaired) electrons. The van der Waals surface area contributed by atoms with Crippen molar-refractivity contribution in [3.05, 3.63) is 21.9 Å². The van der Waals surface area contributed by atoms with E-state index in [1.165, 1.54) is 42.9 Å². The lowest BCUT2D eigenvalue weighted by Gasteiger charge is -2.37. The van der Waals surface area contributed by atoms with E-state index in [4.69, 9.17) is 5.73 Å². The predicted molar refractivity (Wildman–Crippen MR) is 83.7 cm³/mol. The fourth-order valence-corrected chi connectivity index (χ4v) is 4.19. The van der Waals surface area contributed by atoms with Crippen molar-refractivity contribution in [2.24, 2.45) is 11.7 Å². The molecule has 1 atom stereocenters. The number of hydrogen-bond acceptors (Lipinski definition) is 4. The van der Waals surface area contributed by atoms with Crippen LogP contribution in [0.4, 0.5) is 0 Å². The minimum atomic E-state index is 0.431. The van der Waals surface area contributed by atoms with Crippen LogP contribution in [-0.2, 0) is 0 Å². The van der Waals surface area contributed by atoms with Crippen LogP contribution in [-0.4, -0.2) is 50.1 Å². The Morgan fingerprint density at radius 3 is 2.58 bits per heavy atom. The molecule has 1 aliphatic rings. The van der Waals surface area contributed by atoms with Crippen LogP contribution in [0.2, 0.25) is 0 Å². The number of rotatable bonds is 5. The van der Waals surface area contributed by atoms with E-state index in [-0.39, 0.29) is 0 Å². The average Bonchev–Trinajstić information content (AvgIpc) is 2.78. The van der Waals surface area contributed by atoms with Gasteiger partial charge in [0.15, 0.2) is 0 Å². The first-order valence-corrected chi connectivity index (χ1v) is 8.12.